The Bertz CT molecular complexity index is 593. The van der Waals surface area contributed by atoms with Crippen molar-refractivity contribution in [1.82, 2.24) is 4.98 Å². The highest BCUT2D eigenvalue weighted by atomic mass is 32.1. The maximum Gasteiger partial charge on any atom is 0.230 e. The number of benzene rings is 1. The molecule has 1 aromatic heterocycles. The summed E-state index contributed by atoms with van der Waals surface area (Å²) in [5, 5.41) is 5.77. The van der Waals surface area contributed by atoms with Gasteiger partial charge in [-0.25, -0.2) is 4.98 Å². The van der Waals surface area contributed by atoms with E-state index in [1.165, 1.54) is 12.8 Å². The average molecular weight is 318 g/mol. The lowest BCUT2D eigenvalue weighted by molar-refractivity contribution is -0.115. The molecule has 1 N–H and O–H groups in total. The predicted octanol–water partition coefficient (Wildman–Crippen LogP) is 4.20. The van der Waals surface area contributed by atoms with E-state index in [2.05, 4.69) is 17.2 Å². The van der Waals surface area contributed by atoms with Crippen LogP contribution in [0.3, 0.4) is 0 Å². The van der Waals surface area contributed by atoms with Crippen LogP contribution in [0.4, 0.5) is 5.69 Å². The van der Waals surface area contributed by atoms with Crippen molar-refractivity contribution in [1.29, 1.82) is 0 Å². The Morgan fingerprint density at radius 3 is 2.68 bits per heavy atom. The smallest absolute Gasteiger partial charge is 0.230 e. The maximum atomic E-state index is 11.9. The minimum Gasteiger partial charge on any atom is -0.494 e. The summed E-state index contributed by atoms with van der Waals surface area (Å²) in [6.07, 6.45) is 3.75. The van der Waals surface area contributed by atoms with Crippen LogP contribution in [-0.2, 0) is 11.2 Å². The number of anilines is 1. The number of carbonyl (C=O) groups excluding carboxylic acids is 1. The highest BCUT2D eigenvalue weighted by Crippen LogP contribution is 2.17. The van der Waals surface area contributed by atoms with Crippen LogP contribution in [0.2, 0.25) is 0 Å². The minimum absolute atomic E-state index is 0.0538. The fraction of sp³-hybridized carbons (Fsp3) is 0.412. The molecular weight excluding hydrogens is 296 g/mol. The number of carbonyl (C=O) groups is 1. The quantitative estimate of drug-likeness (QED) is 0.742. The third-order valence-corrected chi connectivity index (χ3v) is 3.99. The summed E-state index contributed by atoms with van der Waals surface area (Å²) in [5.74, 6) is 0.783. The molecular formula is C17H22N2O2S. The van der Waals surface area contributed by atoms with Crippen LogP contribution in [-0.4, -0.2) is 17.5 Å². The van der Waals surface area contributed by atoms with Gasteiger partial charge in [-0.3, -0.25) is 4.79 Å². The maximum absolute atomic E-state index is 11.9. The van der Waals surface area contributed by atoms with E-state index in [1.54, 1.807) is 11.3 Å². The van der Waals surface area contributed by atoms with Gasteiger partial charge in [0.1, 0.15) is 5.75 Å². The number of aromatic nitrogens is 1. The first-order chi connectivity index (χ1) is 10.7. The normalized spacial score (nSPS) is 10.5. The van der Waals surface area contributed by atoms with E-state index in [4.69, 9.17) is 4.74 Å². The second-order valence-electron chi connectivity index (χ2n) is 5.16. The number of unbranched alkanes of at least 4 members (excludes halogenated alkanes) is 2. The monoisotopic (exact) mass is 318 g/mol. The summed E-state index contributed by atoms with van der Waals surface area (Å²) in [4.78, 5) is 16.2. The summed E-state index contributed by atoms with van der Waals surface area (Å²) in [7, 11) is 0. The molecule has 0 bridgehead atoms. The van der Waals surface area contributed by atoms with Crippen molar-refractivity contribution >= 4 is 22.9 Å². The average Bonchev–Trinajstić information content (AvgIpc) is 2.90. The number of rotatable bonds is 8. The lowest BCUT2D eigenvalue weighted by atomic mass is 10.2. The Morgan fingerprint density at radius 1 is 1.27 bits per heavy atom. The van der Waals surface area contributed by atoms with Gasteiger partial charge in [0.25, 0.3) is 0 Å². The number of thiazole rings is 1. The van der Waals surface area contributed by atoms with Gasteiger partial charge in [0.05, 0.1) is 23.7 Å². The van der Waals surface area contributed by atoms with E-state index in [0.717, 1.165) is 35.2 Å². The van der Waals surface area contributed by atoms with Gasteiger partial charge in [-0.15, -0.1) is 11.3 Å². The number of nitrogens with zero attached hydrogens (tertiary/aromatic N) is 1. The molecule has 2 aromatic rings. The molecule has 0 aliphatic rings. The lowest BCUT2D eigenvalue weighted by Gasteiger charge is -2.08. The second kappa shape index (κ2) is 8.54. The van der Waals surface area contributed by atoms with Crippen molar-refractivity contribution in [2.24, 2.45) is 0 Å². The summed E-state index contributed by atoms with van der Waals surface area (Å²) in [5.41, 5.74) is 1.59. The molecule has 4 nitrogen and oxygen atoms in total. The SMILES string of the molecule is CCCCCOc1ccc(NC(=O)Cc2csc(C)n2)cc1. The molecule has 0 saturated carbocycles. The van der Waals surface area contributed by atoms with E-state index in [-0.39, 0.29) is 5.91 Å². The fourth-order valence-corrected chi connectivity index (χ4v) is 2.65. The Morgan fingerprint density at radius 2 is 2.05 bits per heavy atom. The van der Waals surface area contributed by atoms with Gasteiger partial charge in [0.2, 0.25) is 5.91 Å². The fourth-order valence-electron chi connectivity index (χ4n) is 2.04. The molecule has 1 heterocycles. The van der Waals surface area contributed by atoms with Crippen LogP contribution in [0.1, 0.15) is 36.9 Å². The van der Waals surface area contributed by atoms with Crippen LogP contribution in [0.25, 0.3) is 0 Å². The van der Waals surface area contributed by atoms with Gasteiger partial charge in [-0.1, -0.05) is 19.8 Å². The van der Waals surface area contributed by atoms with Crippen molar-refractivity contribution in [2.45, 2.75) is 39.5 Å². The molecule has 5 heteroatoms. The third-order valence-electron chi connectivity index (χ3n) is 3.16. The number of aryl methyl sites for hydroxylation is 1. The van der Waals surface area contributed by atoms with Gasteiger partial charge in [0.15, 0.2) is 0 Å². The van der Waals surface area contributed by atoms with Crippen molar-refractivity contribution < 1.29 is 9.53 Å². The van der Waals surface area contributed by atoms with E-state index in [0.29, 0.717) is 6.42 Å². The Kier molecular flexibility index (Phi) is 6.40. The second-order valence-corrected chi connectivity index (χ2v) is 6.22. The summed E-state index contributed by atoms with van der Waals surface area (Å²) < 4.78 is 5.65. The van der Waals surface area contributed by atoms with Gasteiger partial charge in [-0.05, 0) is 37.6 Å². The molecule has 0 atom stereocenters. The van der Waals surface area contributed by atoms with E-state index in [9.17, 15) is 4.79 Å². The van der Waals surface area contributed by atoms with Crippen LogP contribution < -0.4 is 10.1 Å². The number of ether oxygens (including phenoxy) is 1. The molecule has 0 radical (unpaired) electrons. The zero-order valence-corrected chi connectivity index (χ0v) is 13.9. The Balaban J connectivity index is 1.79. The van der Waals surface area contributed by atoms with E-state index in [1.807, 2.05) is 36.6 Å². The van der Waals surface area contributed by atoms with E-state index < -0.39 is 0 Å². The highest BCUT2D eigenvalue weighted by molar-refractivity contribution is 7.09. The highest BCUT2D eigenvalue weighted by Gasteiger charge is 2.07. The molecule has 0 saturated heterocycles. The topological polar surface area (TPSA) is 51.2 Å². The number of nitrogens with one attached hydrogen (secondary N) is 1. The minimum atomic E-state index is -0.0538. The molecule has 118 valence electrons. The molecule has 0 aliphatic carbocycles. The molecule has 2 rings (SSSR count). The zero-order chi connectivity index (χ0) is 15.8. The van der Waals surface area contributed by atoms with Gasteiger partial charge in [-0.2, -0.15) is 0 Å². The standard InChI is InChI=1S/C17H22N2O2S/c1-3-4-5-10-21-16-8-6-14(7-9-16)19-17(20)11-15-12-22-13(2)18-15/h6-9,12H,3-5,10-11H2,1-2H3,(H,19,20). The first kappa shape index (κ1) is 16.5. The first-order valence-corrected chi connectivity index (χ1v) is 8.49. The number of amides is 1. The molecule has 1 aromatic carbocycles. The van der Waals surface area contributed by atoms with E-state index >= 15 is 0 Å². The van der Waals surface area contributed by atoms with Crippen LogP contribution in [0.15, 0.2) is 29.6 Å². The summed E-state index contributed by atoms with van der Waals surface area (Å²) in [6, 6.07) is 7.49. The largest absolute Gasteiger partial charge is 0.494 e. The first-order valence-electron chi connectivity index (χ1n) is 7.61. The van der Waals surface area contributed by atoms with Gasteiger partial charge >= 0.3 is 0 Å². The van der Waals surface area contributed by atoms with Crippen molar-refractivity contribution in [3.05, 3.63) is 40.3 Å². The Labute approximate surface area is 135 Å². The molecule has 1 amide bonds. The zero-order valence-electron chi connectivity index (χ0n) is 13.1. The van der Waals surface area contributed by atoms with Gasteiger partial charge < -0.3 is 10.1 Å². The lowest BCUT2D eigenvalue weighted by Crippen LogP contribution is -2.14. The Hall–Kier alpha value is -1.88. The summed E-state index contributed by atoms with van der Waals surface area (Å²) >= 11 is 1.56. The van der Waals surface area contributed by atoms with Crippen LogP contribution >= 0.6 is 11.3 Å². The van der Waals surface area contributed by atoms with Gasteiger partial charge in [0, 0.05) is 11.1 Å². The van der Waals surface area contributed by atoms with Crippen LogP contribution in [0.5, 0.6) is 5.75 Å². The number of hydrogen-bond donors (Lipinski definition) is 1. The predicted molar refractivity (Wildman–Crippen MR) is 90.6 cm³/mol. The van der Waals surface area contributed by atoms with Crippen molar-refractivity contribution in [3.8, 4) is 5.75 Å². The number of hydrogen-bond acceptors (Lipinski definition) is 4. The van der Waals surface area contributed by atoms with Crippen molar-refractivity contribution in [2.75, 3.05) is 11.9 Å². The molecule has 0 unspecified atom stereocenters. The van der Waals surface area contributed by atoms with Crippen LogP contribution in [0, 0.1) is 6.92 Å². The van der Waals surface area contributed by atoms with Crippen molar-refractivity contribution in [3.63, 3.8) is 0 Å². The third kappa shape index (κ3) is 5.48. The molecule has 0 spiro atoms. The molecule has 22 heavy (non-hydrogen) atoms. The molecule has 0 aliphatic heterocycles. The summed E-state index contributed by atoms with van der Waals surface area (Å²) in [6.45, 7) is 4.85. The molecule has 0 fully saturated rings.